The summed E-state index contributed by atoms with van der Waals surface area (Å²) in [5.41, 5.74) is 1.36. The van der Waals surface area contributed by atoms with Gasteiger partial charge < -0.3 is 10.0 Å². The number of aryl methyl sites for hydroxylation is 1. The van der Waals surface area contributed by atoms with Crippen molar-refractivity contribution in [1.82, 2.24) is 9.88 Å². The molecule has 0 aliphatic carbocycles. The number of rotatable bonds is 6. The van der Waals surface area contributed by atoms with E-state index >= 15 is 0 Å². The Morgan fingerprint density at radius 2 is 2.14 bits per heavy atom. The maximum absolute atomic E-state index is 9.01. The smallest absolute Gasteiger partial charge is 0.0434 e. The number of hydrogen-bond donors (Lipinski definition) is 1. The average molecular weight is 284 g/mol. The first-order chi connectivity index (χ1) is 10.4. The van der Waals surface area contributed by atoms with Crippen molar-refractivity contribution in [3.8, 4) is 0 Å². The molecule has 2 heterocycles. The Bertz CT molecular complexity index is 579. The molecule has 0 radical (unpaired) electrons. The molecule has 1 N–H and O–H groups in total. The fourth-order valence-electron chi connectivity index (χ4n) is 3.41. The van der Waals surface area contributed by atoms with Gasteiger partial charge in [0.05, 0.1) is 0 Å². The SMILES string of the molecule is OCC[C@H]1CCN(CCCc2cncc3ccccc23)C1. The van der Waals surface area contributed by atoms with Crippen molar-refractivity contribution < 1.29 is 5.11 Å². The van der Waals surface area contributed by atoms with Crippen LogP contribution in [-0.4, -0.2) is 41.2 Å². The third-order valence-electron chi connectivity index (χ3n) is 4.58. The maximum Gasteiger partial charge on any atom is 0.0434 e. The zero-order valence-electron chi connectivity index (χ0n) is 12.5. The second-order valence-corrected chi connectivity index (χ2v) is 6.09. The van der Waals surface area contributed by atoms with Gasteiger partial charge in [-0.3, -0.25) is 4.98 Å². The number of aliphatic hydroxyl groups excluding tert-OH is 1. The van der Waals surface area contributed by atoms with E-state index in [1.807, 2.05) is 12.4 Å². The summed E-state index contributed by atoms with van der Waals surface area (Å²) in [4.78, 5) is 6.90. The Labute approximate surface area is 126 Å². The Hall–Kier alpha value is -1.45. The van der Waals surface area contributed by atoms with Gasteiger partial charge in [0.25, 0.3) is 0 Å². The van der Waals surface area contributed by atoms with Gasteiger partial charge in [0, 0.05) is 30.9 Å². The first kappa shape index (κ1) is 14.5. The number of nitrogens with zero attached hydrogens (tertiary/aromatic N) is 2. The highest BCUT2D eigenvalue weighted by molar-refractivity contribution is 5.84. The second kappa shape index (κ2) is 7.01. The average Bonchev–Trinajstić information content (AvgIpc) is 2.96. The normalized spacial score (nSPS) is 19.4. The molecule has 1 fully saturated rings. The minimum atomic E-state index is 0.334. The molecular weight excluding hydrogens is 260 g/mol. The summed E-state index contributed by atoms with van der Waals surface area (Å²) >= 11 is 0. The fraction of sp³-hybridized carbons (Fsp3) is 0.500. The fourth-order valence-corrected chi connectivity index (χ4v) is 3.41. The van der Waals surface area contributed by atoms with Gasteiger partial charge in [-0.05, 0) is 55.6 Å². The van der Waals surface area contributed by atoms with Gasteiger partial charge in [-0.1, -0.05) is 24.3 Å². The van der Waals surface area contributed by atoms with Crippen LogP contribution in [0.1, 0.15) is 24.8 Å². The zero-order chi connectivity index (χ0) is 14.5. The molecule has 0 amide bonds. The third kappa shape index (κ3) is 3.60. The van der Waals surface area contributed by atoms with E-state index in [2.05, 4.69) is 34.1 Å². The largest absolute Gasteiger partial charge is 0.396 e. The summed E-state index contributed by atoms with van der Waals surface area (Å²) in [6.07, 6.45) is 8.44. The van der Waals surface area contributed by atoms with Crippen LogP contribution in [0.25, 0.3) is 10.8 Å². The number of hydrogen-bond acceptors (Lipinski definition) is 3. The lowest BCUT2D eigenvalue weighted by Gasteiger charge is -2.16. The van der Waals surface area contributed by atoms with Crippen molar-refractivity contribution in [2.45, 2.75) is 25.7 Å². The van der Waals surface area contributed by atoms with Gasteiger partial charge >= 0.3 is 0 Å². The molecule has 3 nitrogen and oxygen atoms in total. The molecule has 1 aromatic heterocycles. The molecule has 0 saturated carbocycles. The molecule has 3 heteroatoms. The van der Waals surface area contributed by atoms with Crippen LogP contribution in [0.15, 0.2) is 36.7 Å². The first-order valence-electron chi connectivity index (χ1n) is 8.01. The van der Waals surface area contributed by atoms with E-state index in [0.717, 1.165) is 25.9 Å². The predicted molar refractivity (Wildman–Crippen MR) is 86.3 cm³/mol. The standard InChI is InChI=1S/C18H24N2O/c21-11-8-15-7-10-20(14-15)9-3-5-17-13-19-12-16-4-1-2-6-18(16)17/h1-2,4,6,12-13,15,21H,3,5,7-11,14H2/t15-/m1/s1. The Kier molecular flexibility index (Phi) is 4.84. The van der Waals surface area contributed by atoms with E-state index in [4.69, 9.17) is 5.11 Å². The van der Waals surface area contributed by atoms with Crippen molar-refractivity contribution in [2.24, 2.45) is 5.92 Å². The zero-order valence-corrected chi connectivity index (χ0v) is 12.5. The molecule has 21 heavy (non-hydrogen) atoms. The molecule has 1 saturated heterocycles. The molecule has 2 aromatic rings. The lowest BCUT2D eigenvalue weighted by Crippen LogP contribution is -2.22. The van der Waals surface area contributed by atoms with Crippen LogP contribution < -0.4 is 0 Å². The highest BCUT2D eigenvalue weighted by atomic mass is 16.3. The Morgan fingerprint density at radius 1 is 1.24 bits per heavy atom. The lowest BCUT2D eigenvalue weighted by atomic mass is 10.0. The highest BCUT2D eigenvalue weighted by Gasteiger charge is 2.21. The summed E-state index contributed by atoms with van der Waals surface area (Å²) in [6, 6.07) is 8.50. The third-order valence-corrected chi connectivity index (χ3v) is 4.58. The summed E-state index contributed by atoms with van der Waals surface area (Å²) in [5.74, 6) is 0.703. The maximum atomic E-state index is 9.01. The molecular formula is C18H24N2O. The van der Waals surface area contributed by atoms with E-state index < -0.39 is 0 Å². The van der Waals surface area contributed by atoms with E-state index in [1.54, 1.807) is 0 Å². The number of fused-ring (bicyclic) bond motifs is 1. The minimum absolute atomic E-state index is 0.334. The summed E-state index contributed by atoms with van der Waals surface area (Å²) in [7, 11) is 0. The van der Waals surface area contributed by atoms with Crippen molar-refractivity contribution in [1.29, 1.82) is 0 Å². The monoisotopic (exact) mass is 284 g/mol. The predicted octanol–water partition coefficient (Wildman–Crippen LogP) is 2.87. The van der Waals surface area contributed by atoms with Gasteiger partial charge in [-0.25, -0.2) is 0 Å². The summed E-state index contributed by atoms with van der Waals surface area (Å²) < 4.78 is 0. The minimum Gasteiger partial charge on any atom is -0.396 e. The van der Waals surface area contributed by atoms with Crippen molar-refractivity contribution >= 4 is 10.8 Å². The van der Waals surface area contributed by atoms with Gasteiger partial charge in [0.15, 0.2) is 0 Å². The summed E-state index contributed by atoms with van der Waals surface area (Å²) in [5, 5.41) is 11.6. The molecule has 0 unspecified atom stereocenters. The molecule has 1 aliphatic rings. The number of aliphatic hydroxyl groups is 1. The second-order valence-electron chi connectivity index (χ2n) is 6.09. The highest BCUT2D eigenvalue weighted by Crippen LogP contribution is 2.21. The van der Waals surface area contributed by atoms with Gasteiger partial charge in [-0.15, -0.1) is 0 Å². The van der Waals surface area contributed by atoms with E-state index in [0.29, 0.717) is 12.5 Å². The Balaban J connectivity index is 1.53. The quantitative estimate of drug-likeness (QED) is 0.886. The number of pyridine rings is 1. The molecule has 1 atom stereocenters. The van der Waals surface area contributed by atoms with Crippen LogP contribution in [0.2, 0.25) is 0 Å². The van der Waals surface area contributed by atoms with Crippen LogP contribution in [0.4, 0.5) is 0 Å². The van der Waals surface area contributed by atoms with Crippen LogP contribution in [0.3, 0.4) is 0 Å². The Morgan fingerprint density at radius 3 is 3.05 bits per heavy atom. The van der Waals surface area contributed by atoms with Crippen molar-refractivity contribution in [3.63, 3.8) is 0 Å². The number of likely N-dealkylation sites (tertiary alicyclic amines) is 1. The molecule has 1 aliphatic heterocycles. The molecule has 0 bridgehead atoms. The van der Waals surface area contributed by atoms with E-state index in [1.165, 1.54) is 35.7 Å². The summed E-state index contributed by atoms with van der Waals surface area (Å²) in [6.45, 7) is 3.85. The van der Waals surface area contributed by atoms with Crippen molar-refractivity contribution in [2.75, 3.05) is 26.2 Å². The van der Waals surface area contributed by atoms with Crippen molar-refractivity contribution in [3.05, 3.63) is 42.2 Å². The van der Waals surface area contributed by atoms with Gasteiger partial charge in [-0.2, -0.15) is 0 Å². The first-order valence-corrected chi connectivity index (χ1v) is 8.01. The number of benzene rings is 1. The van der Waals surface area contributed by atoms with E-state index in [-0.39, 0.29) is 0 Å². The lowest BCUT2D eigenvalue weighted by molar-refractivity contribution is 0.250. The molecule has 3 rings (SSSR count). The van der Waals surface area contributed by atoms with Gasteiger partial charge in [0.1, 0.15) is 0 Å². The van der Waals surface area contributed by atoms with Gasteiger partial charge in [0.2, 0.25) is 0 Å². The van der Waals surface area contributed by atoms with E-state index in [9.17, 15) is 0 Å². The van der Waals surface area contributed by atoms with Crippen LogP contribution in [0.5, 0.6) is 0 Å². The van der Waals surface area contributed by atoms with Crippen LogP contribution in [-0.2, 0) is 6.42 Å². The molecule has 0 spiro atoms. The van der Waals surface area contributed by atoms with Crippen LogP contribution >= 0.6 is 0 Å². The number of aromatic nitrogens is 1. The topological polar surface area (TPSA) is 36.4 Å². The van der Waals surface area contributed by atoms with Crippen LogP contribution in [0, 0.1) is 5.92 Å². The molecule has 1 aromatic carbocycles. The molecule has 112 valence electrons.